The number of carboxylic acids is 1. The van der Waals surface area contributed by atoms with Crippen molar-refractivity contribution in [3.05, 3.63) is 30.1 Å². The number of carbonyl (C=O) groups is 2. The fourth-order valence-corrected chi connectivity index (χ4v) is 2.03. The largest absolute Gasteiger partial charge is 0.480 e. The fourth-order valence-electron chi connectivity index (χ4n) is 1.16. The smallest absolute Gasteiger partial charge is 0.321 e. The number of benzene rings is 1. The molecule has 1 atom stereocenters. The van der Waals surface area contributed by atoms with Gasteiger partial charge < -0.3 is 10.4 Å². The van der Waals surface area contributed by atoms with Gasteiger partial charge in [-0.2, -0.15) is 0 Å². The molecule has 7 heteroatoms. The van der Waals surface area contributed by atoms with Gasteiger partial charge in [-0.05, 0) is 32.0 Å². The lowest BCUT2D eigenvalue weighted by Gasteiger charge is -2.18. The second-order valence-electron chi connectivity index (χ2n) is 4.36. The zero-order valence-corrected chi connectivity index (χ0v) is 11.3. The van der Waals surface area contributed by atoms with Crippen LogP contribution in [0.5, 0.6) is 0 Å². The molecule has 0 bridgehead atoms. The summed E-state index contributed by atoms with van der Waals surface area (Å²) in [6.07, 6.45) is 0. The van der Waals surface area contributed by atoms with E-state index in [2.05, 4.69) is 5.32 Å². The number of halogens is 1. The van der Waals surface area contributed by atoms with Crippen LogP contribution < -0.4 is 5.32 Å². The molecule has 19 heavy (non-hydrogen) atoms. The first-order chi connectivity index (χ1) is 8.73. The summed E-state index contributed by atoms with van der Waals surface area (Å²) in [7, 11) is -1.87. The molecule has 0 saturated heterocycles. The molecule has 0 saturated carbocycles. The van der Waals surface area contributed by atoms with Gasteiger partial charge in [0.25, 0.3) is 0 Å². The lowest BCUT2D eigenvalue weighted by Crippen LogP contribution is -2.40. The molecule has 0 fully saturated rings. The van der Waals surface area contributed by atoms with Crippen molar-refractivity contribution in [3.63, 3.8) is 0 Å². The summed E-state index contributed by atoms with van der Waals surface area (Å²) in [6, 6.07) is 5.24. The van der Waals surface area contributed by atoms with Crippen molar-refractivity contribution in [1.82, 2.24) is 0 Å². The molecule has 1 amide bonds. The molecule has 0 heterocycles. The van der Waals surface area contributed by atoms with Crippen LogP contribution in [0.2, 0.25) is 0 Å². The van der Waals surface area contributed by atoms with E-state index in [0.717, 1.165) is 6.07 Å². The number of hydrogen-bond donors (Lipinski definition) is 2. The molecule has 5 nitrogen and oxygen atoms in total. The predicted octanol–water partition coefficient (Wildman–Crippen LogP) is 1.38. The predicted molar refractivity (Wildman–Crippen MR) is 69.8 cm³/mol. The summed E-state index contributed by atoms with van der Waals surface area (Å²) in [5.41, 5.74) is 0.232. The molecule has 0 aliphatic heterocycles. The molecule has 1 aromatic carbocycles. The van der Waals surface area contributed by atoms with E-state index in [1.807, 2.05) is 0 Å². The van der Waals surface area contributed by atoms with Gasteiger partial charge in [0.1, 0.15) is 16.3 Å². The number of hydrogen-bond acceptors (Lipinski definition) is 3. The lowest BCUT2D eigenvalue weighted by atomic mass is 10.2. The summed E-state index contributed by atoms with van der Waals surface area (Å²) in [5, 5.41) is 11.2. The van der Waals surface area contributed by atoms with Crippen LogP contribution in [-0.4, -0.2) is 31.7 Å². The van der Waals surface area contributed by atoms with Gasteiger partial charge in [0.15, 0.2) is 0 Å². The zero-order valence-electron chi connectivity index (χ0n) is 10.5. The molecule has 0 aromatic heterocycles. The van der Waals surface area contributed by atoms with Gasteiger partial charge in [0, 0.05) is 16.5 Å². The Kier molecular flexibility index (Phi) is 4.77. The third-order valence-electron chi connectivity index (χ3n) is 2.45. The molecule has 1 rings (SSSR count). The van der Waals surface area contributed by atoms with E-state index in [9.17, 15) is 18.2 Å². The SMILES string of the molecule is CC(C)(C(=O)O)S(=O)CC(=O)Nc1cccc(F)c1. The van der Waals surface area contributed by atoms with Crippen LogP contribution in [0.3, 0.4) is 0 Å². The second-order valence-corrected chi connectivity index (χ2v) is 6.36. The van der Waals surface area contributed by atoms with E-state index < -0.39 is 39.0 Å². The van der Waals surface area contributed by atoms with Crippen LogP contribution in [0.25, 0.3) is 0 Å². The summed E-state index contributed by atoms with van der Waals surface area (Å²) >= 11 is 0. The van der Waals surface area contributed by atoms with Crippen LogP contribution in [0.15, 0.2) is 24.3 Å². The van der Waals surface area contributed by atoms with Crippen molar-refractivity contribution in [2.75, 3.05) is 11.1 Å². The number of aliphatic carboxylic acids is 1. The number of carbonyl (C=O) groups excluding carboxylic acids is 1. The monoisotopic (exact) mass is 287 g/mol. The zero-order chi connectivity index (χ0) is 14.6. The molecule has 0 aliphatic rings. The summed E-state index contributed by atoms with van der Waals surface area (Å²) in [5.74, 6) is -2.84. The highest BCUT2D eigenvalue weighted by Gasteiger charge is 2.35. The van der Waals surface area contributed by atoms with Crippen molar-refractivity contribution in [2.45, 2.75) is 18.6 Å². The van der Waals surface area contributed by atoms with E-state index in [1.54, 1.807) is 0 Å². The Labute approximate surface area is 112 Å². The molecule has 1 aromatic rings. The average molecular weight is 287 g/mol. The Morgan fingerprint density at radius 3 is 2.58 bits per heavy atom. The minimum atomic E-state index is -1.87. The summed E-state index contributed by atoms with van der Waals surface area (Å²) < 4.78 is 23.1. The Balaban J connectivity index is 2.66. The maximum absolute atomic E-state index is 12.9. The first-order valence-corrected chi connectivity index (χ1v) is 6.72. The topological polar surface area (TPSA) is 83.5 Å². The molecular weight excluding hydrogens is 273 g/mol. The second kappa shape index (κ2) is 5.92. The van der Waals surface area contributed by atoms with Gasteiger partial charge in [-0.15, -0.1) is 0 Å². The molecular formula is C12H14FNO4S. The van der Waals surface area contributed by atoms with Gasteiger partial charge in [0.05, 0.1) is 0 Å². The van der Waals surface area contributed by atoms with E-state index in [4.69, 9.17) is 5.11 Å². The van der Waals surface area contributed by atoms with Crippen LogP contribution >= 0.6 is 0 Å². The van der Waals surface area contributed by atoms with Crippen molar-refractivity contribution in [2.24, 2.45) is 0 Å². The summed E-state index contributed by atoms with van der Waals surface area (Å²) in [6.45, 7) is 2.56. The minimum Gasteiger partial charge on any atom is -0.480 e. The minimum absolute atomic E-state index is 0.232. The summed E-state index contributed by atoms with van der Waals surface area (Å²) in [4.78, 5) is 22.5. The third kappa shape index (κ3) is 4.13. The van der Waals surface area contributed by atoms with Gasteiger partial charge in [-0.1, -0.05) is 6.07 Å². The standard InChI is InChI=1S/C12H14FNO4S/c1-12(2,11(16)17)19(18)7-10(15)14-9-5-3-4-8(13)6-9/h3-6H,7H2,1-2H3,(H,14,15)(H,16,17). The van der Waals surface area contributed by atoms with Gasteiger partial charge in [-0.25, -0.2) is 4.39 Å². The van der Waals surface area contributed by atoms with Gasteiger partial charge in [0.2, 0.25) is 5.91 Å². The van der Waals surface area contributed by atoms with E-state index in [1.165, 1.54) is 32.0 Å². The van der Waals surface area contributed by atoms with Gasteiger partial charge in [-0.3, -0.25) is 13.8 Å². The Hall–Kier alpha value is -1.76. The highest BCUT2D eigenvalue weighted by Crippen LogP contribution is 2.14. The molecule has 1 unspecified atom stereocenters. The van der Waals surface area contributed by atoms with Crippen LogP contribution in [0.4, 0.5) is 10.1 Å². The molecule has 0 aliphatic carbocycles. The maximum atomic E-state index is 12.9. The van der Waals surface area contributed by atoms with E-state index in [-0.39, 0.29) is 5.69 Å². The first-order valence-electron chi connectivity index (χ1n) is 5.41. The first kappa shape index (κ1) is 15.3. The van der Waals surface area contributed by atoms with Crippen molar-refractivity contribution in [3.8, 4) is 0 Å². The quantitative estimate of drug-likeness (QED) is 0.857. The van der Waals surface area contributed by atoms with Crippen molar-refractivity contribution < 1.29 is 23.3 Å². The van der Waals surface area contributed by atoms with Crippen LogP contribution in [-0.2, 0) is 20.4 Å². The number of nitrogens with one attached hydrogen (secondary N) is 1. The Bertz CT molecular complexity index is 530. The Morgan fingerprint density at radius 2 is 2.05 bits per heavy atom. The molecule has 2 N–H and O–H groups in total. The number of rotatable bonds is 5. The highest BCUT2D eigenvalue weighted by atomic mass is 32.2. The average Bonchev–Trinajstić information content (AvgIpc) is 2.28. The fraction of sp³-hybridized carbons (Fsp3) is 0.333. The van der Waals surface area contributed by atoms with Crippen molar-refractivity contribution >= 4 is 28.4 Å². The lowest BCUT2D eigenvalue weighted by molar-refractivity contribution is -0.139. The van der Waals surface area contributed by atoms with Crippen LogP contribution in [0.1, 0.15) is 13.8 Å². The van der Waals surface area contributed by atoms with Crippen LogP contribution in [0, 0.1) is 5.82 Å². The highest BCUT2D eigenvalue weighted by molar-refractivity contribution is 7.88. The maximum Gasteiger partial charge on any atom is 0.321 e. The molecule has 0 spiro atoms. The normalized spacial score (nSPS) is 12.8. The molecule has 0 radical (unpaired) electrons. The van der Waals surface area contributed by atoms with Crippen molar-refractivity contribution in [1.29, 1.82) is 0 Å². The van der Waals surface area contributed by atoms with E-state index in [0.29, 0.717) is 0 Å². The third-order valence-corrected chi connectivity index (χ3v) is 4.29. The van der Waals surface area contributed by atoms with Gasteiger partial charge >= 0.3 is 5.97 Å². The Morgan fingerprint density at radius 1 is 1.42 bits per heavy atom. The number of amides is 1. The molecule has 104 valence electrons. The number of anilines is 1. The number of carboxylic acid groups (broad SMARTS) is 1. The van der Waals surface area contributed by atoms with E-state index >= 15 is 0 Å².